The van der Waals surface area contributed by atoms with Gasteiger partial charge in [-0.2, -0.15) is 0 Å². The van der Waals surface area contributed by atoms with E-state index in [2.05, 4.69) is 0 Å². The number of nitrogen functional groups attached to an aromatic ring is 1. The van der Waals surface area contributed by atoms with Gasteiger partial charge in [0.2, 0.25) is 0 Å². The Morgan fingerprint density at radius 3 is 2.40 bits per heavy atom. The van der Waals surface area contributed by atoms with Gasteiger partial charge < -0.3 is 15.6 Å². The summed E-state index contributed by atoms with van der Waals surface area (Å²) < 4.78 is 5.18. The number of esters is 1. The van der Waals surface area contributed by atoms with Crippen molar-refractivity contribution in [1.82, 2.24) is 0 Å². The quantitative estimate of drug-likeness (QED) is 0.671. The van der Waals surface area contributed by atoms with Crippen molar-refractivity contribution in [3.8, 4) is 0 Å². The number of ether oxygens (including phenoxy) is 1. The Morgan fingerprint density at radius 2 is 1.80 bits per heavy atom. The molecule has 0 bridgehead atoms. The second-order valence-electron chi connectivity index (χ2n) is 4.29. The van der Waals surface area contributed by atoms with E-state index in [4.69, 9.17) is 27.2 Å². The van der Waals surface area contributed by atoms with Gasteiger partial charge in [-0.05, 0) is 29.3 Å². The third kappa shape index (κ3) is 3.50. The SMILES string of the molecule is Nc1ccc(C(=O)OCc2ccc(CO)cc2)c(Cl)c1. The van der Waals surface area contributed by atoms with Crippen molar-refractivity contribution in [3.05, 3.63) is 64.2 Å². The van der Waals surface area contributed by atoms with Crippen LogP contribution in [0.25, 0.3) is 0 Å². The number of hydrogen-bond acceptors (Lipinski definition) is 4. The lowest BCUT2D eigenvalue weighted by Crippen LogP contribution is -2.06. The molecule has 4 nitrogen and oxygen atoms in total. The highest BCUT2D eigenvalue weighted by molar-refractivity contribution is 6.33. The summed E-state index contributed by atoms with van der Waals surface area (Å²) in [7, 11) is 0. The summed E-state index contributed by atoms with van der Waals surface area (Å²) in [5, 5.41) is 9.21. The summed E-state index contributed by atoms with van der Waals surface area (Å²) in [6.07, 6.45) is 0. The van der Waals surface area contributed by atoms with Gasteiger partial charge in [0, 0.05) is 5.69 Å². The molecule has 0 aliphatic heterocycles. The smallest absolute Gasteiger partial charge is 0.339 e. The topological polar surface area (TPSA) is 72.6 Å². The predicted molar refractivity (Wildman–Crippen MR) is 77.3 cm³/mol. The molecule has 0 aliphatic rings. The van der Waals surface area contributed by atoms with E-state index in [1.807, 2.05) is 0 Å². The minimum Gasteiger partial charge on any atom is -0.457 e. The lowest BCUT2D eigenvalue weighted by atomic mass is 10.1. The molecule has 0 amide bonds. The molecule has 2 rings (SSSR count). The lowest BCUT2D eigenvalue weighted by Gasteiger charge is -2.07. The first-order chi connectivity index (χ1) is 9.60. The van der Waals surface area contributed by atoms with Crippen LogP contribution in [0.1, 0.15) is 21.5 Å². The van der Waals surface area contributed by atoms with Gasteiger partial charge in [0.15, 0.2) is 0 Å². The molecule has 0 aromatic heterocycles. The second kappa shape index (κ2) is 6.41. The normalized spacial score (nSPS) is 10.3. The number of hydrogen-bond donors (Lipinski definition) is 2. The van der Waals surface area contributed by atoms with E-state index in [0.717, 1.165) is 11.1 Å². The van der Waals surface area contributed by atoms with Crippen LogP contribution in [0.5, 0.6) is 0 Å². The first-order valence-electron chi connectivity index (χ1n) is 6.01. The first kappa shape index (κ1) is 14.4. The Bertz CT molecular complexity index is 611. The van der Waals surface area contributed by atoms with Crippen LogP contribution in [0, 0.1) is 0 Å². The van der Waals surface area contributed by atoms with Crippen LogP contribution in [0.2, 0.25) is 5.02 Å². The highest BCUT2D eigenvalue weighted by atomic mass is 35.5. The molecule has 2 aromatic rings. The number of aliphatic hydroxyl groups is 1. The van der Waals surface area contributed by atoms with E-state index in [0.29, 0.717) is 5.69 Å². The van der Waals surface area contributed by atoms with Gasteiger partial charge in [-0.25, -0.2) is 4.79 Å². The van der Waals surface area contributed by atoms with Crippen LogP contribution in [0.3, 0.4) is 0 Å². The molecule has 0 unspecified atom stereocenters. The van der Waals surface area contributed by atoms with E-state index < -0.39 is 5.97 Å². The summed E-state index contributed by atoms with van der Waals surface area (Å²) in [6.45, 7) is 0.131. The van der Waals surface area contributed by atoms with Crippen molar-refractivity contribution >= 4 is 23.3 Å². The largest absolute Gasteiger partial charge is 0.457 e. The third-order valence-corrected chi connectivity index (χ3v) is 3.10. The Kier molecular flexibility index (Phi) is 4.61. The summed E-state index contributed by atoms with van der Waals surface area (Å²) in [4.78, 5) is 11.9. The van der Waals surface area contributed by atoms with Gasteiger partial charge in [-0.3, -0.25) is 0 Å². The molecule has 0 heterocycles. The summed E-state index contributed by atoms with van der Waals surface area (Å²) in [5.74, 6) is -0.499. The van der Waals surface area contributed by atoms with Crippen LogP contribution in [-0.4, -0.2) is 11.1 Å². The fraction of sp³-hybridized carbons (Fsp3) is 0.133. The Hall–Kier alpha value is -2.04. The molecular formula is C15H14ClNO3. The van der Waals surface area contributed by atoms with E-state index in [-0.39, 0.29) is 23.8 Å². The molecule has 0 aliphatic carbocycles. The number of nitrogens with two attached hydrogens (primary N) is 1. The highest BCUT2D eigenvalue weighted by Crippen LogP contribution is 2.20. The fourth-order valence-electron chi connectivity index (χ4n) is 1.66. The molecule has 20 heavy (non-hydrogen) atoms. The fourth-order valence-corrected chi connectivity index (χ4v) is 1.93. The lowest BCUT2D eigenvalue weighted by molar-refractivity contribution is 0.0473. The zero-order chi connectivity index (χ0) is 14.5. The van der Waals surface area contributed by atoms with Gasteiger partial charge in [0.25, 0.3) is 0 Å². The van der Waals surface area contributed by atoms with Gasteiger partial charge in [0.05, 0.1) is 17.2 Å². The maximum absolute atomic E-state index is 11.9. The molecule has 5 heteroatoms. The molecule has 0 radical (unpaired) electrons. The molecule has 2 aromatic carbocycles. The third-order valence-electron chi connectivity index (χ3n) is 2.79. The molecule has 0 saturated heterocycles. The van der Waals surface area contributed by atoms with Gasteiger partial charge >= 0.3 is 5.97 Å². The molecule has 0 saturated carbocycles. The van der Waals surface area contributed by atoms with Crippen LogP contribution >= 0.6 is 11.6 Å². The van der Waals surface area contributed by atoms with Gasteiger partial charge in [-0.1, -0.05) is 35.9 Å². The van der Waals surface area contributed by atoms with Crippen molar-refractivity contribution < 1.29 is 14.6 Å². The average molecular weight is 292 g/mol. The number of carbonyl (C=O) groups excluding carboxylic acids is 1. The second-order valence-corrected chi connectivity index (χ2v) is 4.70. The Morgan fingerprint density at radius 1 is 1.15 bits per heavy atom. The minimum absolute atomic E-state index is 0.0128. The number of aliphatic hydroxyl groups excluding tert-OH is 1. The number of halogens is 1. The average Bonchev–Trinajstić information content (AvgIpc) is 2.45. The molecule has 104 valence electrons. The summed E-state index contributed by atoms with van der Waals surface area (Å²) in [6, 6.07) is 11.8. The van der Waals surface area contributed by atoms with Crippen LogP contribution in [0.15, 0.2) is 42.5 Å². The first-order valence-corrected chi connectivity index (χ1v) is 6.39. The van der Waals surface area contributed by atoms with Gasteiger partial charge in [-0.15, -0.1) is 0 Å². The molecule has 0 atom stereocenters. The highest BCUT2D eigenvalue weighted by Gasteiger charge is 2.12. The predicted octanol–water partition coefficient (Wildman–Crippen LogP) is 2.77. The van der Waals surface area contributed by atoms with E-state index >= 15 is 0 Å². The summed E-state index contributed by atoms with van der Waals surface area (Å²) in [5.41, 5.74) is 7.98. The number of rotatable bonds is 4. The van der Waals surface area contributed by atoms with Crippen molar-refractivity contribution in [2.75, 3.05) is 5.73 Å². The van der Waals surface area contributed by atoms with Crippen molar-refractivity contribution in [2.24, 2.45) is 0 Å². The zero-order valence-corrected chi connectivity index (χ0v) is 11.4. The molecular weight excluding hydrogens is 278 g/mol. The van der Waals surface area contributed by atoms with E-state index in [1.165, 1.54) is 12.1 Å². The van der Waals surface area contributed by atoms with Gasteiger partial charge in [0.1, 0.15) is 6.61 Å². The van der Waals surface area contributed by atoms with Crippen molar-refractivity contribution in [2.45, 2.75) is 13.2 Å². The van der Waals surface area contributed by atoms with Crippen molar-refractivity contribution in [3.63, 3.8) is 0 Å². The van der Waals surface area contributed by atoms with E-state index in [9.17, 15) is 4.79 Å². The minimum atomic E-state index is -0.499. The van der Waals surface area contributed by atoms with Crippen LogP contribution < -0.4 is 5.73 Å². The van der Waals surface area contributed by atoms with E-state index in [1.54, 1.807) is 30.3 Å². The molecule has 0 fully saturated rings. The monoisotopic (exact) mass is 291 g/mol. The number of anilines is 1. The zero-order valence-electron chi connectivity index (χ0n) is 10.7. The molecule has 0 spiro atoms. The number of benzene rings is 2. The standard InChI is InChI=1S/C15H14ClNO3/c16-14-7-12(17)5-6-13(14)15(19)20-9-11-3-1-10(8-18)2-4-11/h1-7,18H,8-9,17H2. The number of carbonyl (C=O) groups is 1. The van der Waals surface area contributed by atoms with Crippen molar-refractivity contribution in [1.29, 1.82) is 0 Å². The molecule has 3 N–H and O–H groups in total. The van der Waals surface area contributed by atoms with Crippen LogP contribution in [-0.2, 0) is 18.0 Å². The Balaban J connectivity index is 2.00. The maximum atomic E-state index is 11.9. The maximum Gasteiger partial charge on any atom is 0.339 e. The summed E-state index contributed by atoms with van der Waals surface area (Å²) >= 11 is 5.94. The Labute approximate surface area is 121 Å². The van der Waals surface area contributed by atoms with Crippen LogP contribution in [0.4, 0.5) is 5.69 Å².